The molecular formula is C19H17BN6O2. The van der Waals surface area contributed by atoms with E-state index in [9.17, 15) is 4.79 Å². The Morgan fingerprint density at radius 2 is 1.96 bits per heavy atom. The van der Waals surface area contributed by atoms with Gasteiger partial charge in [0.2, 0.25) is 0 Å². The lowest BCUT2D eigenvalue weighted by Gasteiger charge is -2.05. The predicted octanol–water partition coefficient (Wildman–Crippen LogP) is 1.07. The Hall–Kier alpha value is -3.62. The molecule has 28 heavy (non-hydrogen) atoms. The summed E-state index contributed by atoms with van der Waals surface area (Å²) in [5, 5.41) is 12.6. The fourth-order valence-electron chi connectivity index (χ4n) is 2.85. The summed E-state index contributed by atoms with van der Waals surface area (Å²) >= 11 is 0. The molecule has 4 rings (SSSR count). The van der Waals surface area contributed by atoms with Gasteiger partial charge in [-0.3, -0.25) is 0 Å². The van der Waals surface area contributed by atoms with E-state index in [0.29, 0.717) is 23.7 Å². The van der Waals surface area contributed by atoms with E-state index in [2.05, 4.69) is 32.1 Å². The molecule has 0 unspecified atom stereocenters. The summed E-state index contributed by atoms with van der Waals surface area (Å²) < 4.78 is 6.29. The molecular weight excluding hydrogens is 355 g/mol. The van der Waals surface area contributed by atoms with Gasteiger partial charge in [0.15, 0.2) is 30.3 Å². The number of rotatable bonds is 5. The zero-order chi connectivity index (χ0) is 19.5. The number of benzene rings is 1. The van der Waals surface area contributed by atoms with Gasteiger partial charge in [-0.1, -0.05) is 25.0 Å². The van der Waals surface area contributed by atoms with E-state index in [1.165, 1.54) is 7.11 Å². The van der Waals surface area contributed by atoms with Gasteiger partial charge in [0, 0.05) is 24.4 Å². The highest BCUT2D eigenvalue weighted by molar-refractivity contribution is 6.51. The first-order valence-electron chi connectivity index (χ1n) is 8.88. The smallest absolute Gasteiger partial charge is 0.358 e. The van der Waals surface area contributed by atoms with Gasteiger partial charge in [0.1, 0.15) is 0 Å². The average Bonchev–Trinajstić information content (AvgIpc) is 3.15. The van der Waals surface area contributed by atoms with Crippen LogP contribution >= 0.6 is 0 Å². The van der Waals surface area contributed by atoms with Crippen molar-refractivity contribution in [1.29, 1.82) is 0 Å². The lowest BCUT2D eigenvalue weighted by Crippen LogP contribution is -2.12. The molecule has 0 aliphatic rings. The fraction of sp³-hybridized carbons (Fsp3) is 0.158. The molecule has 0 bridgehead atoms. The first-order valence-corrected chi connectivity index (χ1v) is 8.88. The summed E-state index contributed by atoms with van der Waals surface area (Å²) in [6.07, 6.45) is 4.19. The third-order valence-electron chi connectivity index (χ3n) is 4.38. The summed E-state index contributed by atoms with van der Waals surface area (Å²) in [5.74, 6) is 0.799. The average molecular weight is 372 g/mol. The molecule has 8 nitrogen and oxygen atoms in total. The molecule has 0 amide bonds. The van der Waals surface area contributed by atoms with E-state index >= 15 is 0 Å². The Kier molecular flexibility index (Phi) is 4.80. The van der Waals surface area contributed by atoms with Crippen molar-refractivity contribution in [2.75, 3.05) is 7.11 Å². The van der Waals surface area contributed by atoms with Crippen LogP contribution < -0.4 is 5.46 Å². The second kappa shape index (κ2) is 7.55. The third-order valence-corrected chi connectivity index (χ3v) is 4.38. The van der Waals surface area contributed by atoms with Crippen LogP contribution in [-0.4, -0.2) is 50.1 Å². The van der Waals surface area contributed by atoms with E-state index in [-0.39, 0.29) is 5.69 Å². The molecule has 1 aromatic carbocycles. The standard InChI is InChI=1S/C19H17BN6O2/c1-20-14-10-21-18(22-11-14)13-5-3-4-12(8-13)9-17-24-23-16-7-6-15(19(27)28-2)25-26(16)17/h3-8,10-11,20H,9H2,1-2H3. The minimum atomic E-state index is -0.503. The van der Waals surface area contributed by atoms with Crippen LogP contribution in [-0.2, 0) is 11.2 Å². The largest absolute Gasteiger partial charge is 0.464 e. The first-order chi connectivity index (χ1) is 13.7. The summed E-state index contributed by atoms with van der Waals surface area (Å²) in [6, 6.07) is 11.2. The molecule has 3 heterocycles. The van der Waals surface area contributed by atoms with Crippen molar-refractivity contribution in [3.63, 3.8) is 0 Å². The molecule has 0 spiro atoms. The van der Waals surface area contributed by atoms with Crippen molar-refractivity contribution in [3.05, 3.63) is 65.9 Å². The predicted molar refractivity (Wildman–Crippen MR) is 105 cm³/mol. The minimum Gasteiger partial charge on any atom is -0.464 e. The molecule has 0 aliphatic carbocycles. The van der Waals surface area contributed by atoms with Crippen molar-refractivity contribution in [3.8, 4) is 11.4 Å². The molecule has 0 radical (unpaired) electrons. The van der Waals surface area contributed by atoms with Gasteiger partial charge >= 0.3 is 5.97 Å². The summed E-state index contributed by atoms with van der Waals surface area (Å²) in [5.41, 5.74) is 3.81. The quantitative estimate of drug-likeness (QED) is 0.382. The number of hydrogen-bond donors (Lipinski definition) is 0. The van der Waals surface area contributed by atoms with Crippen LogP contribution in [0.4, 0.5) is 0 Å². The van der Waals surface area contributed by atoms with Gasteiger partial charge < -0.3 is 4.74 Å². The number of hydrogen-bond acceptors (Lipinski definition) is 7. The van der Waals surface area contributed by atoms with Crippen molar-refractivity contribution in [2.45, 2.75) is 13.2 Å². The third kappa shape index (κ3) is 3.46. The maximum Gasteiger partial charge on any atom is 0.358 e. The van der Waals surface area contributed by atoms with Gasteiger partial charge in [-0.25, -0.2) is 14.8 Å². The normalized spacial score (nSPS) is 10.8. The summed E-state index contributed by atoms with van der Waals surface area (Å²) in [6.45, 7) is 2.07. The molecule has 3 aromatic heterocycles. The summed E-state index contributed by atoms with van der Waals surface area (Å²) in [4.78, 5) is 20.6. The second-order valence-corrected chi connectivity index (χ2v) is 6.24. The highest BCUT2D eigenvalue weighted by Crippen LogP contribution is 2.17. The summed E-state index contributed by atoms with van der Waals surface area (Å²) in [7, 11) is 2.22. The Balaban J connectivity index is 1.64. The van der Waals surface area contributed by atoms with Gasteiger partial charge in [-0.05, 0) is 29.2 Å². The van der Waals surface area contributed by atoms with Crippen LogP contribution in [0.5, 0.6) is 0 Å². The van der Waals surface area contributed by atoms with E-state index < -0.39 is 5.97 Å². The number of esters is 1. The molecule has 4 aromatic rings. The number of ether oxygens (including phenoxy) is 1. The molecule has 0 saturated carbocycles. The second-order valence-electron chi connectivity index (χ2n) is 6.24. The Bertz CT molecular complexity index is 1140. The maximum atomic E-state index is 11.7. The Morgan fingerprint density at radius 1 is 1.14 bits per heavy atom. The topological polar surface area (TPSA) is 95.2 Å². The zero-order valence-corrected chi connectivity index (χ0v) is 15.5. The highest BCUT2D eigenvalue weighted by atomic mass is 16.5. The lowest BCUT2D eigenvalue weighted by atomic mass is 9.75. The van der Waals surface area contributed by atoms with Crippen LogP contribution in [0.1, 0.15) is 21.9 Å². The Morgan fingerprint density at radius 3 is 2.71 bits per heavy atom. The van der Waals surface area contributed by atoms with Gasteiger partial charge in [-0.2, -0.15) is 9.61 Å². The fourth-order valence-corrected chi connectivity index (χ4v) is 2.85. The highest BCUT2D eigenvalue weighted by Gasteiger charge is 2.13. The van der Waals surface area contributed by atoms with Crippen LogP contribution in [0.15, 0.2) is 48.8 Å². The van der Waals surface area contributed by atoms with E-state index in [1.807, 2.05) is 36.7 Å². The molecule has 0 saturated heterocycles. The van der Waals surface area contributed by atoms with Crippen molar-refractivity contribution in [2.24, 2.45) is 0 Å². The van der Waals surface area contributed by atoms with Gasteiger partial charge in [-0.15, -0.1) is 10.2 Å². The van der Waals surface area contributed by atoms with E-state index in [1.54, 1.807) is 16.6 Å². The number of carbonyl (C=O) groups is 1. The van der Waals surface area contributed by atoms with Crippen molar-refractivity contribution >= 4 is 24.4 Å². The van der Waals surface area contributed by atoms with E-state index in [4.69, 9.17) is 4.74 Å². The van der Waals surface area contributed by atoms with Crippen LogP contribution in [0, 0.1) is 0 Å². The molecule has 0 fully saturated rings. The van der Waals surface area contributed by atoms with Crippen LogP contribution in [0.3, 0.4) is 0 Å². The molecule has 138 valence electrons. The minimum absolute atomic E-state index is 0.203. The molecule has 0 N–H and O–H groups in total. The lowest BCUT2D eigenvalue weighted by molar-refractivity contribution is 0.0592. The SMILES string of the molecule is CBc1cnc(-c2cccc(Cc3nnc4ccc(C(=O)OC)nn34)c2)nc1. The van der Waals surface area contributed by atoms with Crippen molar-refractivity contribution < 1.29 is 9.53 Å². The Labute approximate surface area is 161 Å². The molecule has 0 atom stereocenters. The number of methoxy groups -OCH3 is 1. The number of nitrogens with zero attached hydrogens (tertiary/aromatic N) is 6. The van der Waals surface area contributed by atoms with Crippen LogP contribution in [0.25, 0.3) is 17.0 Å². The van der Waals surface area contributed by atoms with Gasteiger partial charge in [0.05, 0.1) is 7.11 Å². The number of fused-ring (bicyclic) bond motifs is 1. The van der Waals surface area contributed by atoms with Gasteiger partial charge in [0.25, 0.3) is 0 Å². The first kappa shape index (κ1) is 17.8. The maximum absolute atomic E-state index is 11.7. The number of carbonyl (C=O) groups excluding carboxylic acids is 1. The van der Waals surface area contributed by atoms with Crippen LogP contribution in [0.2, 0.25) is 6.82 Å². The molecule has 0 aliphatic heterocycles. The van der Waals surface area contributed by atoms with Crippen molar-refractivity contribution in [1.82, 2.24) is 29.8 Å². The zero-order valence-electron chi connectivity index (χ0n) is 15.5. The monoisotopic (exact) mass is 372 g/mol. The van der Waals surface area contributed by atoms with E-state index in [0.717, 1.165) is 23.9 Å². The molecule has 9 heteroatoms. The number of aromatic nitrogens is 6.